The summed E-state index contributed by atoms with van der Waals surface area (Å²) in [5.41, 5.74) is 1.97. The van der Waals surface area contributed by atoms with E-state index in [2.05, 4.69) is 5.32 Å². The Kier molecular flexibility index (Phi) is 4.62. The third-order valence-corrected chi connectivity index (χ3v) is 3.84. The summed E-state index contributed by atoms with van der Waals surface area (Å²) in [7, 11) is 0. The van der Waals surface area contributed by atoms with E-state index in [1.807, 2.05) is 30.0 Å². The molecule has 1 aliphatic rings. The van der Waals surface area contributed by atoms with Crippen molar-refractivity contribution in [3.05, 3.63) is 34.3 Å². The lowest BCUT2D eigenvalue weighted by atomic mass is 10.1. The highest BCUT2D eigenvalue weighted by Crippen LogP contribution is 2.20. The zero-order valence-electron chi connectivity index (χ0n) is 11.2. The van der Waals surface area contributed by atoms with E-state index in [9.17, 15) is 9.59 Å². The monoisotopic (exact) mass is 296 g/mol. The first-order valence-corrected chi connectivity index (χ1v) is 6.84. The first-order valence-electron chi connectivity index (χ1n) is 6.46. The Hall–Kier alpha value is -1.59. The van der Waals surface area contributed by atoms with Crippen molar-refractivity contribution >= 4 is 23.5 Å². The minimum Gasteiger partial charge on any atom is -0.481 e. The number of nitrogens with zero attached hydrogens (tertiary/aromatic N) is 1. The highest BCUT2D eigenvalue weighted by atomic mass is 35.5. The lowest BCUT2D eigenvalue weighted by molar-refractivity contribution is -0.143. The molecule has 20 heavy (non-hydrogen) atoms. The minimum atomic E-state index is -0.973. The predicted octanol–water partition coefficient (Wildman–Crippen LogP) is 1.42. The number of carboxylic acid groups (broad SMARTS) is 1. The number of benzene rings is 1. The van der Waals surface area contributed by atoms with Crippen molar-refractivity contribution in [3.63, 3.8) is 0 Å². The summed E-state index contributed by atoms with van der Waals surface area (Å²) < 4.78 is 0. The van der Waals surface area contributed by atoms with E-state index in [4.69, 9.17) is 16.7 Å². The van der Waals surface area contributed by atoms with Gasteiger partial charge in [-0.25, -0.2) is 0 Å². The number of halogens is 1. The van der Waals surface area contributed by atoms with Crippen LogP contribution in [0.3, 0.4) is 0 Å². The molecule has 1 unspecified atom stereocenters. The van der Waals surface area contributed by atoms with Crippen molar-refractivity contribution in [2.75, 3.05) is 13.1 Å². The van der Waals surface area contributed by atoms with Crippen LogP contribution >= 0.6 is 11.6 Å². The molecule has 6 heteroatoms. The molecule has 2 N–H and O–H groups in total. The molecule has 1 amide bonds. The molecular weight excluding hydrogens is 280 g/mol. The zero-order valence-corrected chi connectivity index (χ0v) is 12.0. The normalized spacial score (nSPS) is 19.7. The average Bonchev–Trinajstić information content (AvgIpc) is 2.38. The van der Waals surface area contributed by atoms with Crippen LogP contribution in [-0.2, 0) is 16.1 Å². The maximum Gasteiger partial charge on any atom is 0.305 e. The molecule has 0 spiro atoms. The van der Waals surface area contributed by atoms with Crippen LogP contribution in [0.4, 0.5) is 0 Å². The van der Waals surface area contributed by atoms with Gasteiger partial charge in [0.05, 0.1) is 6.42 Å². The van der Waals surface area contributed by atoms with E-state index in [1.54, 1.807) is 0 Å². The van der Waals surface area contributed by atoms with Crippen LogP contribution in [0, 0.1) is 6.92 Å². The lowest BCUT2D eigenvalue weighted by Gasteiger charge is -2.34. The van der Waals surface area contributed by atoms with Gasteiger partial charge < -0.3 is 10.4 Å². The lowest BCUT2D eigenvalue weighted by Crippen LogP contribution is -2.55. The van der Waals surface area contributed by atoms with Gasteiger partial charge in [-0.3, -0.25) is 14.5 Å². The molecule has 2 rings (SSSR count). The number of carboxylic acids is 1. The molecule has 1 aliphatic heterocycles. The van der Waals surface area contributed by atoms with Gasteiger partial charge in [-0.2, -0.15) is 0 Å². The highest BCUT2D eigenvalue weighted by molar-refractivity contribution is 6.31. The molecule has 0 saturated carbocycles. The van der Waals surface area contributed by atoms with E-state index < -0.39 is 12.0 Å². The molecule has 0 aromatic heterocycles. The topological polar surface area (TPSA) is 69.6 Å². The molecule has 0 radical (unpaired) electrons. The van der Waals surface area contributed by atoms with Gasteiger partial charge in [0.2, 0.25) is 5.91 Å². The Balaban J connectivity index is 2.13. The summed E-state index contributed by atoms with van der Waals surface area (Å²) in [6, 6.07) is 5.11. The van der Waals surface area contributed by atoms with Gasteiger partial charge in [-0.15, -0.1) is 0 Å². The number of amides is 1. The number of nitrogens with one attached hydrogen (secondary N) is 1. The third-order valence-electron chi connectivity index (χ3n) is 3.43. The number of aliphatic carboxylic acids is 1. The number of piperazine rings is 1. The number of hydrogen-bond donors (Lipinski definition) is 2. The van der Waals surface area contributed by atoms with Crippen molar-refractivity contribution in [1.82, 2.24) is 10.2 Å². The SMILES string of the molecule is Cc1ccc(CN2CCNC(=O)C2CC(=O)O)cc1Cl. The van der Waals surface area contributed by atoms with Crippen LogP contribution in [0.15, 0.2) is 18.2 Å². The summed E-state index contributed by atoms with van der Waals surface area (Å²) in [6.45, 7) is 3.61. The van der Waals surface area contributed by atoms with Crippen molar-refractivity contribution < 1.29 is 14.7 Å². The maximum atomic E-state index is 11.8. The van der Waals surface area contributed by atoms with E-state index in [0.717, 1.165) is 11.1 Å². The van der Waals surface area contributed by atoms with Crippen LogP contribution in [-0.4, -0.2) is 41.0 Å². The van der Waals surface area contributed by atoms with Gasteiger partial charge >= 0.3 is 5.97 Å². The van der Waals surface area contributed by atoms with E-state index in [1.165, 1.54) is 0 Å². The molecule has 1 atom stereocenters. The van der Waals surface area contributed by atoms with Crippen LogP contribution in [0.25, 0.3) is 0 Å². The Morgan fingerprint density at radius 3 is 2.95 bits per heavy atom. The average molecular weight is 297 g/mol. The molecule has 0 bridgehead atoms. The van der Waals surface area contributed by atoms with Crippen LogP contribution in [0.1, 0.15) is 17.5 Å². The summed E-state index contributed by atoms with van der Waals surface area (Å²) in [5, 5.41) is 12.3. The Morgan fingerprint density at radius 2 is 2.30 bits per heavy atom. The second-order valence-electron chi connectivity index (χ2n) is 4.96. The quantitative estimate of drug-likeness (QED) is 0.882. The number of rotatable bonds is 4. The summed E-state index contributed by atoms with van der Waals surface area (Å²) >= 11 is 6.09. The maximum absolute atomic E-state index is 11.8. The van der Waals surface area contributed by atoms with E-state index in [0.29, 0.717) is 24.7 Å². The fourth-order valence-electron chi connectivity index (χ4n) is 2.31. The zero-order chi connectivity index (χ0) is 14.7. The predicted molar refractivity (Wildman–Crippen MR) is 75.6 cm³/mol. The smallest absolute Gasteiger partial charge is 0.305 e. The molecule has 1 aromatic carbocycles. The molecular formula is C14H17ClN2O3. The van der Waals surface area contributed by atoms with Crippen molar-refractivity contribution in [2.24, 2.45) is 0 Å². The summed E-state index contributed by atoms with van der Waals surface area (Å²) in [6.07, 6.45) is -0.189. The molecule has 108 valence electrons. The van der Waals surface area contributed by atoms with Crippen LogP contribution < -0.4 is 5.32 Å². The van der Waals surface area contributed by atoms with Crippen molar-refractivity contribution in [2.45, 2.75) is 25.9 Å². The van der Waals surface area contributed by atoms with Crippen molar-refractivity contribution in [3.8, 4) is 0 Å². The Labute approximate surface area is 122 Å². The van der Waals surface area contributed by atoms with Crippen LogP contribution in [0.5, 0.6) is 0 Å². The fourth-order valence-corrected chi connectivity index (χ4v) is 2.51. The number of hydrogen-bond acceptors (Lipinski definition) is 3. The molecule has 1 heterocycles. The first-order chi connectivity index (χ1) is 9.47. The van der Waals surface area contributed by atoms with E-state index in [-0.39, 0.29) is 12.3 Å². The molecule has 0 aliphatic carbocycles. The molecule has 1 saturated heterocycles. The first kappa shape index (κ1) is 14.8. The van der Waals surface area contributed by atoms with Gasteiger partial charge in [-0.05, 0) is 24.1 Å². The third kappa shape index (κ3) is 3.49. The second kappa shape index (κ2) is 6.24. The van der Waals surface area contributed by atoms with E-state index >= 15 is 0 Å². The van der Waals surface area contributed by atoms with Gasteiger partial charge in [-0.1, -0.05) is 23.7 Å². The van der Waals surface area contributed by atoms with Crippen molar-refractivity contribution in [1.29, 1.82) is 0 Å². The van der Waals surface area contributed by atoms with Crippen LogP contribution in [0.2, 0.25) is 5.02 Å². The van der Waals surface area contributed by atoms with Gasteiger partial charge in [0, 0.05) is 24.7 Å². The molecule has 1 fully saturated rings. The largest absolute Gasteiger partial charge is 0.481 e. The Bertz CT molecular complexity index is 533. The summed E-state index contributed by atoms with van der Waals surface area (Å²) in [4.78, 5) is 24.6. The highest BCUT2D eigenvalue weighted by Gasteiger charge is 2.31. The fraction of sp³-hybridized carbons (Fsp3) is 0.429. The van der Waals surface area contributed by atoms with Gasteiger partial charge in [0.15, 0.2) is 0 Å². The summed E-state index contributed by atoms with van der Waals surface area (Å²) in [5.74, 6) is -1.20. The number of aryl methyl sites for hydroxylation is 1. The van der Waals surface area contributed by atoms with Gasteiger partial charge in [0.25, 0.3) is 0 Å². The minimum absolute atomic E-state index is 0.189. The number of carbonyl (C=O) groups is 2. The molecule has 5 nitrogen and oxygen atoms in total. The second-order valence-corrected chi connectivity index (χ2v) is 5.37. The Morgan fingerprint density at radius 1 is 1.55 bits per heavy atom. The van der Waals surface area contributed by atoms with Gasteiger partial charge in [0.1, 0.15) is 6.04 Å². The number of carbonyl (C=O) groups excluding carboxylic acids is 1. The standard InChI is InChI=1S/C14H17ClN2O3/c1-9-2-3-10(6-11(9)15)8-17-5-4-16-14(20)12(17)7-13(18)19/h2-3,6,12H,4-5,7-8H2,1H3,(H,16,20)(H,18,19). The molecule has 1 aromatic rings.